The van der Waals surface area contributed by atoms with Crippen LogP contribution in [0.15, 0.2) is 36.5 Å². The second kappa shape index (κ2) is 8.94. The number of nitrogens with zero attached hydrogens (tertiary/aromatic N) is 2. The molecule has 0 N–H and O–H groups in total. The van der Waals surface area contributed by atoms with Crippen LogP contribution in [0.25, 0.3) is 11.1 Å². The SMILES string of the molecule is CC(C)N1CCC(c2ccc(-c3ccc4c(c3)OCO4)cn2)CC1.Cl.Cl. The molecule has 0 unspecified atom stereocenters. The number of pyridine rings is 1. The number of ether oxygens (including phenoxy) is 2. The normalized spacial score (nSPS) is 16.9. The van der Waals surface area contributed by atoms with Gasteiger partial charge in [-0.25, -0.2) is 0 Å². The maximum Gasteiger partial charge on any atom is 0.231 e. The van der Waals surface area contributed by atoms with E-state index in [1.54, 1.807) is 0 Å². The molecule has 1 saturated heterocycles. The highest BCUT2D eigenvalue weighted by molar-refractivity contribution is 5.85. The zero-order valence-corrected chi connectivity index (χ0v) is 16.8. The Morgan fingerprint density at radius 3 is 2.31 bits per heavy atom. The molecule has 2 aromatic rings. The molecule has 0 amide bonds. The summed E-state index contributed by atoms with van der Waals surface area (Å²) in [4.78, 5) is 7.30. The van der Waals surface area contributed by atoms with Crippen molar-refractivity contribution in [2.24, 2.45) is 0 Å². The molecular formula is C20H26Cl2N2O2. The fraction of sp³-hybridized carbons (Fsp3) is 0.450. The predicted molar refractivity (Wildman–Crippen MR) is 109 cm³/mol. The fourth-order valence-corrected chi connectivity index (χ4v) is 3.61. The zero-order chi connectivity index (χ0) is 16.5. The van der Waals surface area contributed by atoms with Crippen molar-refractivity contribution < 1.29 is 9.47 Å². The van der Waals surface area contributed by atoms with Gasteiger partial charge in [-0.1, -0.05) is 12.1 Å². The van der Waals surface area contributed by atoms with Crippen LogP contribution in [0.5, 0.6) is 11.5 Å². The molecule has 26 heavy (non-hydrogen) atoms. The van der Waals surface area contributed by atoms with Crippen molar-refractivity contribution in [3.63, 3.8) is 0 Å². The predicted octanol–water partition coefficient (Wildman–Crippen LogP) is 4.91. The Kier molecular flexibility index (Phi) is 7.16. The molecule has 1 aromatic heterocycles. The second-order valence-electron chi connectivity index (χ2n) is 6.94. The van der Waals surface area contributed by atoms with Crippen LogP contribution in [0, 0.1) is 0 Å². The monoisotopic (exact) mass is 396 g/mol. The van der Waals surface area contributed by atoms with Gasteiger partial charge in [-0.2, -0.15) is 0 Å². The summed E-state index contributed by atoms with van der Waals surface area (Å²) in [5.74, 6) is 2.23. The van der Waals surface area contributed by atoms with Crippen molar-refractivity contribution >= 4 is 24.8 Å². The summed E-state index contributed by atoms with van der Waals surface area (Å²) < 4.78 is 10.8. The third kappa shape index (κ3) is 4.25. The van der Waals surface area contributed by atoms with Crippen LogP contribution >= 0.6 is 24.8 Å². The zero-order valence-electron chi connectivity index (χ0n) is 15.2. The Labute approximate surface area is 167 Å². The number of rotatable bonds is 3. The number of hydrogen-bond donors (Lipinski definition) is 0. The maximum absolute atomic E-state index is 5.46. The summed E-state index contributed by atoms with van der Waals surface area (Å²) >= 11 is 0. The lowest BCUT2D eigenvalue weighted by molar-refractivity contribution is 0.171. The highest BCUT2D eigenvalue weighted by atomic mass is 35.5. The molecule has 2 aliphatic heterocycles. The van der Waals surface area contributed by atoms with E-state index in [1.165, 1.54) is 31.6 Å². The van der Waals surface area contributed by atoms with E-state index in [0.717, 1.165) is 22.6 Å². The van der Waals surface area contributed by atoms with Crippen LogP contribution in [-0.4, -0.2) is 35.8 Å². The third-order valence-electron chi connectivity index (χ3n) is 5.17. The smallest absolute Gasteiger partial charge is 0.231 e. The summed E-state index contributed by atoms with van der Waals surface area (Å²) in [5, 5.41) is 0. The third-order valence-corrected chi connectivity index (χ3v) is 5.17. The van der Waals surface area contributed by atoms with Crippen molar-refractivity contribution in [2.45, 2.75) is 38.6 Å². The van der Waals surface area contributed by atoms with Gasteiger partial charge in [-0.05, 0) is 63.5 Å². The minimum absolute atomic E-state index is 0. The van der Waals surface area contributed by atoms with E-state index < -0.39 is 0 Å². The lowest BCUT2D eigenvalue weighted by atomic mass is 9.92. The van der Waals surface area contributed by atoms with Gasteiger partial charge in [-0.15, -0.1) is 24.8 Å². The lowest BCUT2D eigenvalue weighted by Crippen LogP contribution is -2.37. The molecule has 2 aliphatic rings. The number of piperidine rings is 1. The number of aromatic nitrogens is 1. The fourth-order valence-electron chi connectivity index (χ4n) is 3.61. The highest BCUT2D eigenvalue weighted by Crippen LogP contribution is 2.36. The molecule has 0 atom stereocenters. The Hall–Kier alpha value is -1.49. The van der Waals surface area contributed by atoms with Crippen LogP contribution in [0.4, 0.5) is 0 Å². The first-order chi connectivity index (χ1) is 11.7. The van der Waals surface area contributed by atoms with Gasteiger partial charge in [0.25, 0.3) is 0 Å². The molecular weight excluding hydrogens is 371 g/mol. The van der Waals surface area contributed by atoms with E-state index in [9.17, 15) is 0 Å². The molecule has 3 heterocycles. The summed E-state index contributed by atoms with van der Waals surface area (Å²) in [5.41, 5.74) is 3.47. The number of halogens is 2. The van der Waals surface area contributed by atoms with Crippen LogP contribution in [-0.2, 0) is 0 Å². The molecule has 0 aliphatic carbocycles. The molecule has 4 nitrogen and oxygen atoms in total. The average Bonchev–Trinajstić information content (AvgIpc) is 3.09. The van der Waals surface area contributed by atoms with Crippen molar-refractivity contribution in [3.05, 3.63) is 42.2 Å². The largest absolute Gasteiger partial charge is 0.454 e. The molecule has 0 saturated carbocycles. The second-order valence-corrected chi connectivity index (χ2v) is 6.94. The molecule has 6 heteroatoms. The van der Waals surface area contributed by atoms with Crippen molar-refractivity contribution in [1.29, 1.82) is 0 Å². The number of hydrogen-bond acceptors (Lipinski definition) is 4. The van der Waals surface area contributed by atoms with Gasteiger partial charge >= 0.3 is 0 Å². The van der Waals surface area contributed by atoms with E-state index in [0.29, 0.717) is 18.8 Å². The minimum atomic E-state index is 0. The first-order valence-electron chi connectivity index (χ1n) is 8.81. The molecule has 0 bridgehead atoms. The van der Waals surface area contributed by atoms with Crippen molar-refractivity contribution in [1.82, 2.24) is 9.88 Å². The van der Waals surface area contributed by atoms with E-state index in [-0.39, 0.29) is 24.8 Å². The molecule has 0 spiro atoms. The summed E-state index contributed by atoms with van der Waals surface area (Å²) in [7, 11) is 0. The molecule has 1 aromatic carbocycles. The number of benzene rings is 1. The van der Waals surface area contributed by atoms with Crippen molar-refractivity contribution in [2.75, 3.05) is 19.9 Å². The Bertz CT molecular complexity index is 714. The van der Waals surface area contributed by atoms with Gasteiger partial charge in [0.05, 0.1) is 0 Å². The minimum Gasteiger partial charge on any atom is -0.454 e. The van der Waals surface area contributed by atoms with E-state index in [4.69, 9.17) is 14.5 Å². The van der Waals surface area contributed by atoms with Crippen LogP contribution in [0.2, 0.25) is 0 Å². The van der Waals surface area contributed by atoms with Gasteiger partial charge in [0.15, 0.2) is 11.5 Å². The van der Waals surface area contributed by atoms with Gasteiger partial charge in [-0.3, -0.25) is 4.98 Å². The van der Waals surface area contributed by atoms with E-state index >= 15 is 0 Å². The summed E-state index contributed by atoms with van der Waals surface area (Å²) in [6, 6.07) is 11.1. The molecule has 1 fully saturated rings. The topological polar surface area (TPSA) is 34.6 Å². The standard InChI is InChI=1S/C20H24N2O2.2ClH/c1-14(2)22-9-7-15(8-10-22)18-5-3-17(12-21-18)16-4-6-19-20(11-16)24-13-23-19;;/h3-6,11-12,14-15H,7-10,13H2,1-2H3;2*1H. The molecule has 4 rings (SSSR count). The Morgan fingerprint density at radius 2 is 1.65 bits per heavy atom. The summed E-state index contributed by atoms with van der Waals surface area (Å²) in [6.07, 6.45) is 4.39. The van der Waals surface area contributed by atoms with Crippen molar-refractivity contribution in [3.8, 4) is 22.6 Å². The van der Waals surface area contributed by atoms with Crippen LogP contribution < -0.4 is 9.47 Å². The van der Waals surface area contributed by atoms with Gasteiger partial charge in [0.1, 0.15) is 0 Å². The Balaban J connectivity index is 0.00000121. The van der Waals surface area contributed by atoms with Crippen LogP contribution in [0.3, 0.4) is 0 Å². The quantitative estimate of drug-likeness (QED) is 0.737. The average molecular weight is 397 g/mol. The maximum atomic E-state index is 5.46. The lowest BCUT2D eigenvalue weighted by Gasteiger charge is -2.34. The van der Waals surface area contributed by atoms with Gasteiger partial charge < -0.3 is 14.4 Å². The van der Waals surface area contributed by atoms with E-state index in [2.05, 4.69) is 36.9 Å². The first-order valence-corrected chi connectivity index (χ1v) is 8.81. The molecule has 142 valence electrons. The van der Waals surface area contributed by atoms with E-state index in [1.807, 2.05) is 18.3 Å². The number of fused-ring (bicyclic) bond motifs is 1. The van der Waals surface area contributed by atoms with Gasteiger partial charge in [0, 0.05) is 29.4 Å². The molecule has 0 radical (unpaired) electrons. The Morgan fingerprint density at radius 1 is 0.962 bits per heavy atom. The summed E-state index contributed by atoms with van der Waals surface area (Å²) in [6.45, 7) is 7.21. The number of likely N-dealkylation sites (tertiary alicyclic amines) is 1. The van der Waals surface area contributed by atoms with Gasteiger partial charge in [0.2, 0.25) is 6.79 Å². The first kappa shape index (κ1) is 20.8. The van der Waals surface area contributed by atoms with Crippen LogP contribution in [0.1, 0.15) is 38.3 Å². The highest BCUT2D eigenvalue weighted by Gasteiger charge is 2.23.